The highest BCUT2D eigenvalue weighted by Crippen LogP contribution is 2.44. The molecule has 4 aromatic carbocycles. The van der Waals surface area contributed by atoms with Crippen LogP contribution in [0.15, 0.2) is 42.5 Å². The van der Waals surface area contributed by atoms with Gasteiger partial charge in [0.25, 0.3) is 0 Å². The fourth-order valence-corrected chi connectivity index (χ4v) is 5.47. The van der Waals surface area contributed by atoms with Crippen molar-refractivity contribution in [3.8, 4) is 28.7 Å². The SMILES string of the molecule is CCCCCCOc1ccc2c(c1)c1cc(O)c(OCCCCCC)cc1c1cc(OCCCCCC)c(O)cc21. The van der Waals surface area contributed by atoms with E-state index >= 15 is 0 Å². The molecular formula is C36H48O5. The first-order chi connectivity index (χ1) is 20.1. The highest BCUT2D eigenvalue weighted by atomic mass is 16.5. The molecule has 5 heteroatoms. The van der Waals surface area contributed by atoms with Crippen LogP contribution in [0, 0.1) is 0 Å². The Morgan fingerprint density at radius 3 is 1.34 bits per heavy atom. The van der Waals surface area contributed by atoms with E-state index in [-0.39, 0.29) is 11.5 Å². The molecule has 0 unspecified atom stereocenters. The summed E-state index contributed by atoms with van der Waals surface area (Å²) in [5.41, 5.74) is 0. The molecule has 0 aromatic heterocycles. The molecule has 2 N–H and O–H groups in total. The van der Waals surface area contributed by atoms with E-state index < -0.39 is 0 Å². The maximum absolute atomic E-state index is 11.0. The Hall–Kier alpha value is -3.34. The van der Waals surface area contributed by atoms with Gasteiger partial charge >= 0.3 is 0 Å². The zero-order valence-electron chi connectivity index (χ0n) is 25.3. The molecule has 0 aliphatic rings. The molecule has 0 atom stereocenters. The molecule has 0 fully saturated rings. The number of ether oxygens (including phenoxy) is 3. The second kappa shape index (κ2) is 15.6. The van der Waals surface area contributed by atoms with Gasteiger partial charge in [-0.25, -0.2) is 0 Å². The van der Waals surface area contributed by atoms with Crippen molar-refractivity contribution in [1.29, 1.82) is 0 Å². The van der Waals surface area contributed by atoms with Crippen LogP contribution in [0.4, 0.5) is 0 Å². The molecule has 0 saturated carbocycles. The third-order valence-electron chi connectivity index (χ3n) is 7.84. The van der Waals surface area contributed by atoms with Gasteiger partial charge in [-0.3, -0.25) is 0 Å². The maximum atomic E-state index is 11.0. The second-order valence-corrected chi connectivity index (χ2v) is 11.2. The summed E-state index contributed by atoms with van der Waals surface area (Å²) in [5, 5.41) is 27.7. The van der Waals surface area contributed by atoms with Crippen molar-refractivity contribution in [1.82, 2.24) is 0 Å². The van der Waals surface area contributed by atoms with E-state index in [4.69, 9.17) is 14.2 Å². The van der Waals surface area contributed by atoms with Gasteiger partial charge in [-0.1, -0.05) is 84.6 Å². The van der Waals surface area contributed by atoms with Crippen LogP contribution in [0.2, 0.25) is 0 Å². The number of fused-ring (bicyclic) bond motifs is 6. The molecule has 0 bridgehead atoms. The average Bonchev–Trinajstić information content (AvgIpc) is 2.97. The molecule has 4 rings (SSSR count). The van der Waals surface area contributed by atoms with E-state index in [2.05, 4.69) is 32.9 Å². The van der Waals surface area contributed by atoms with Crippen molar-refractivity contribution in [2.24, 2.45) is 0 Å². The minimum absolute atomic E-state index is 0.130. The largest absolute Gasteiger partial charge is 0.504 e. The number of benzene rings is 4. The lowest BCUT2D eigenvalue weighted by Crippen LogP contribution is -1.99. The summed E-state index contributed by atoms with van der Waals surface area (Å²) in [6.45, 7) is 8.39. The van der Waals surface area contributed by atoms with E-state index in [1.54, 1.807) is 0 Å². The van der Waals surface area contributed by atoms with Gasteiger partial charge in [0.1, 0.15) is 5.75 Å². The van der Waals surface area contributed by atoms with E-state index in [0.717, 1.165) is 76.6 Å². The predicted octanol–water partition coefficient (Wildman–Crippen LogP) is 10.4. The van der Waals surface area contributed by atoms with E-state index in [9.17, 15) is 10.2 Å². The van der Waals surface area contributed by atoms with Gasteiger partial charge < -0.3 is 24.4 Å². The Morgan fingerprint density at radius 2 is 0.854 bits per heavy atom. The number of hydrogen-bond acceptors (Lipinski definition) is 5. The van der Waals surface area contributed by atoms with Crippen LogP contribution in [0.5, 0.6) is 28.7 Å². The van der Waals surface area contributed by atoms with Crippen molar-refractivity contribution >= 4 is 32.3 Å². The molecule has 41 heavy (non-hydrogen) atoms. The van der Waals surface area contributed by atoms with Crippen LogP contribution >= 0.6 is 0 Å². The summed E-state index contributed by atoms with van der Waals surface area (Å²) in [5.74, 6) is 2.04. The number of aromatic hydroxyl groups is 2. The quantitative estimate of drug-likeness (QED) is 0.0936. The molecule has 0 saturated heterocycles. The summed E-state index contributed by atoms with van der Waals surface area (Å²) in [6, 6.07) is 13.6. The molecule has 4 aromatic rings. The lowest BCUT2D eigenvalue weighted by Gasteiger charge is -2.17. The number of phenolic OH excluding ortho intramolecular Hbond substituents is 2. The molecule has 0 spiro atoms. The highest BCUT2D eigenvalue weighted by Gasteiger charge is 2.17. The Labute approximate surface area is 245 Å². The molecule has 0 heterocycles. The number of unbranched alkanes of at least 4 members (excludes halogenated alkanes) is 9. The van der Waals surface area contributed by atoms with Gasteiger partial charge in [0.15, 0.2) is 23.0 Å². The van der Waals surface area contributed by atoms with Gasteiger partial charge in [-0.15, -0.1) is 0 Å². The lowest BCUT2D eigenvalue weighted by atomic mass is 9.93. The van der Waals surface area contributed by atoms with Crippen LogP contribution in [0.3, 0.4) is 0 Å². The van der Waals surface area contributed by atoms with Crippen molar-refractivity contribution < 1.29 is 24.4 Å². The van der Waals surface area contributed by atoms with Crippen LogP contribution in [-0.2, 0) is 0 Å². The Bertz CT molecular complexity index is 1410. The molecule has 222 valence electrons. The van der Waals surface area contributed by atoms with Gasteiger partial charge in [-0.05, 0) is 88.0 Å². The number of phenols is 2. The molecule has 0 amide bonds. The van der Waals surface area contributed by atoms with Crippen molar-refractivity contribution in [2.45, 2.75) is 97.8 Å². The maximum Gasteiger partial charge on any atom is 0.161 e. The predicted molar refractivity (Wildman–Crippen MR) is 171 cm³/mol. The number of rotatable bonds is 18. The Balaban J connectivity index is 1.75. The minimum Gasteiger partial charge on any atom is -0.504 e. The Kier molecular flexibility index (Phi) is 11.7. The monoisotopic (exact) mass is 560 g/mol. The third kappa shape index (κ3) is 7.90. The molecule has 0 aliphatic carbocycles. The first-order valence-electron chi connectivity index (χ1n) is 15.8. The topological polar surface area (TPSA) is 68.2 Å². The van der Waals surface area contributed by atoms with Crippen molar-refractivity contribution in [3.63, 3.8) is 0 Å². The molecule has 5 nitrogen and oxygen atoms in total. The first-order valence-corrected chi connectivity index (χ1v) is 15.8. The van der Waals surface area contributed by atoms with Gasteiger partial charge in [-0.2, -0.15) is 0 Å². The molecule has 0 aliphatic heterocycles. The fraction of sp³-hybridized carbons (Fsp3) is 0.500. The first kappa shape index (κ1) is 30.6. The summed E-state index contributed by atoms with van der Waals surface area (Å²) < 4.78 is 18.2. The van der Waals surface area contributed by atoms with Gasteiger partial charge in [0, 0.05) is 0 Å². The number of hydrogen-bond donors (Lipinski definition) is 2. The highest BCUT2D eigenvalue weighted by molar-refractivity contribution is 6.26. The minimum atomic E-state index is 0.130. The van der Waals surface area contributed by atoms with Crippen molar-refractivity contribution in [3.05, 3.63) is 42.5 Å². The summed E-state index contributed by atoms with van der Waals surface area (Å²) in [4.78, 5) is 0. The smallest absolute Gasteiger partial charge is 0.161 e. The van der Waals surface area contributed by atoms with Crippen LogP contribution < -0.4 is 14.2 Å². The third-order valence-corrected chi connectivity index (χ3v) is 7.84. The summed E-state index contributed by atoms with van der Waals surface area (Å²) >= 11 is 0. The van der Waals surface area contributed by atoms with Gasteiger partial charge in [0.2, 0.25) is 0 Å². The zero-order chi connectivity index (χ0) is 29.0. The van der Waals surface area contributed by atoms with Crippen molar-refractivity contribution in [2.75, 3.05) is 19.8 Å². The van der Waals surface area contributed by atoms with E-state index in [1.165, 1.54) is 38.5 Å². The molecule has 0 radical (unpaired) electrons. The Morgan fingerprint density at radius 1 is 0.439 bits per heavy atom. The van der Waals surface area contributed by atoms with Crippen LogP contribution in [0.1, 0.15) is 97.8 Å². The van der Waals surface area contributed by atoms with Crippen LogP contribution in [0.25, 0.3) is 32.3 Å². The van der Waals surface area contributed by atoms with E-state index in [1.807, 2.05) is 30.3 Å². The normalized spacial score (nSPS) is 11.5. The van der Waals surface area contributed by atoms with E-state index in [0.29, 0.717) is 31.3 Å². The van der Waals surface area contributed by atoms with Crippen LogP contribution in [-0.4, -0.2) is 30.0 Å². The second-order valence-electron chi connectivity index (χ2n) is 11.2. The fourth-order valence-electron chi connectivity index (χ4n) is 5.47. The molecular weight excluding hydrogens is 512 g/mol. The average molecular weight is 561 g/mol. The summed E-state index contributed by atoms with van der Waals surface area (Å²) in [7, 11) is 0. The van der Waals surface area contributed by atoms with Gasteiger partial charge in [0.05, 0.1) is 19.8 Å². The zero-order valence-corrected chi connectivity index (χ0v) is 25.3. The summed E-state index contributed by atoms with van der Waals surface area (Å²) in [6.07, 6.45) is 13.4. The lowest BCUT2D eigenvalue weighted by molar-refractivity contribution is 0.289. The standard InChI is InChI=1S/C36H48O5/c1-4-7-10-13-18-39-26-16-17-27-28(21-26)30-23-34(38)36(41-20-15-12-9-6-3)25-32(30)31-24-35(33(37)22-29(27)31)40-19-14-11-8-5-2/h16-17,21-25,37-38H,4-15,18-20H2,1-3H3.